The first-order chi connectivity index (χ1) is 11.6. The van der Waals surface area contributed by atoms with Crippen molar-refractivity contribution in [1.82, 2.24) is 0 Å². The van der Waals surface area contributed by atoms with Gasteiger partial charge < -0.3 is 29.8 Å². The number of rotatable bonds is 4. The van der Waals surface area contributed by atoms with Gasteiger partial charge in [-0.25, -0.2) is 0 Å². The van der Waals surface area contributed by atoms with Gasteiger partial charge in [-0.3, -0.25) is 0 Å². The molecule has 0 aromatic carbocycles. The number of aliphatic carboxylic acids is 1. The first-order valence-electron chi connectivity index (χ1n) is 9.72. The van der Waals surface area contributed by atoms with E-state index in [4.69, 9.17) is 4.74 Å². The zero-order valence-electron chi connectivity index (χ0n) is 15.8. The number of hydrogen-bond donors (Lipinski definition) is 3. The zero-order valence-corrected chi connectivity index (χ0v) is 15.8. The fourth-order valence-electron chi connectivity index (χ4n) is 5.61. The van der Waals surface area contributed by atoms with E-state index in [2.05, 4.69) is 6.92 Å². The molecule has 0 aromatic rings. The monoisotopic (exact) mass is 355 g/mol. The maximum atomic E-state index is 11.6. The lowest BCUT2D eigenvalue weighted by Crippen LogP contribution is -3.23. The second-order valence-corrected chi connectivity index (χ2v) is 9.19. The van der Waals surface area contributed by atoms with E-state index < -0.39 is 23.7 Å². The quantitative estimate of drug-likeness (QED) is 0.585. The molecule has 3 fully saturated rings. The van der Waals surface area contributed by atoms with Gasteiger partial charge in [0.25, 0.3) is 0 Å². The molecule has 6 nitrogen and oxygen atoms in total. The summed E-state index contributed by atoms with van der Waals surface area (Å²) < 4.78 is 6.29. The van der Waals surface area contributed by atoms with E-state index in [1.165, 1.54) is 6.92 Å². The largest absolute Gasteiger partial charge is 0.544 e. The first-order valence-corrected chi connectivity index (χ1v) is 9.72. The van der Waals surface area contributed by atoms with Crippen LogP contribution in [-0.2, 0) is 9.53 Å². The average Bonchev–Trinajstić information content (AvgIpc) is 2.92. The van der Waals surface area contributed by atoms with Crippen LogP contribution in [0, 0.1) is 17.8 Å². The predicted molar refractivity (Wildman–Crippen MR) is 89.7 cm³/mol. The second kappa shape index (κ2) is 6.80. The minimum Gasteiger partial charge on any atom is -0.544 e. The predicted octanol–water partition coefficient (Wildman–Crippen LogP) is -1.27. The van der Waals surface area contributed by atoms with Gasteiger partial charge in [0.15, 0.2) is 6.04 Å². The van der Waals surface area contributed by atoms with Crippen molar-refractivity contribution in [2.75, 3.05) is 6.54 Å². The Kier molecular flexibility index (Phi) is 5.19. The Morgan fingerprint density at radius 3 is 2.48 bits per heavy atom. The van der Waals surface area contributed by atoms with E-state index in [1.807, 2.05) is 0 Å². The van der Waals surface area contributed by atoms with Gasteiger partial charge in [-0.05, 0) is 58.8 Å². The highest BCUT2D eigenvalue weighted by atomic mass is 16.5. The summed E-state index contributed by atoms with van der Waals surface area (Å²) in [5.74, 6) is 0.0968. The smallest absolute Gasteiger partial charge is 0.154 e. The van der Waals surface area contributed by atoms with E-state index in [9.17, 15) is 20.1 Å². The van der Waals surface area contributed by atoms with Crippen molar-refractivity contribution in [2.45, 2.75) is 89.4 Å². The molecule has 9 unspecified atom stereocenters. The number of carboxylic acid groups (broad SMARTS) is 1. The van der Waals surface area contributed by atoms with Crippen molar-refractivity contribution in [3.8, 4) is 0 Å². The molecule has 2 heterocycles. The van der Waals surface area contributed by atoms with Crippen molar-refractivity contribution in [1.29, 1.82) is 0 Å². The summed E-state index contributed by atoms with van der Waals surface area (Å²) in [5.41, 5.74) is -0.853. The molecule has 9 atom stereocenters. The molecule has 6 heteroatoms. The number of likely N-dealkylation sites (tertiary alicyclic amines) is 1. The summed E-state index contributed by atoms with van der Waals surface area (Å²) in [5, 5.41) is 31.9. The molecule has 0 spiro atoms. The van der Waals surface area contributed by atoms with Crippen LogP contribution in [0.5, 0.6) is 0 Å². The second-order valence-electron chi connectivity index (χ2n) is 9.19. The third-order valence-electron chi connectivity index (χ3n) is 6.92. The number of piperidine rings is 1. The Hall–Kier alpha value is -0.690. The molecule has 3 aliphatic rings. The molecule has 0 radical (unpaired) electrons. The standard InChI is InChI=1S/C19H33NO5/c1-10-7-12-5-6-13-8-15(19(3,4)24)25-17(13)14(12)9-20(10)16(11(2)21)18(22)23/h10-17,21,24H,5-9H2,1-4H3,(H,22,23). The van der Waals surface area contributed by atoms with Crippen LogP contribution < -0.4 is 10.0 Å². The van der Waals surface area contributed by atoms with Crippen LogP contribution in [0.3, 0.4) is 0 Å². The van der Waals surface area contributed by atoms with Crippen LogP contribution in [0.15, 0.2) is 0 Å². The minimum absolute atomic E-state index is 0.0917. The summed E-state index contributed by atoms with van der Waals surface area (Å²) in [6, 6.07) is -0.718. The molecule has 25 heavy (non-hydrogen) atoms. The fourth-order valence-corrected chi connectivity index (χ4v) is 5.61. The molecule has 0 aromatic heterocycles. The van der Waals surface area contributed by atoms with Gasteiger partial charge >= 0.3 is 0 Å². The molecule has 1 saturated carbocycles. The topological polar surface area (TPSA) is 94.3 Å². The van der Waals surface area contributed by atoms with Crippen LogP contribution in [0.1, 0.15) is 53.4 Å². The number of carbonyl (C=O) groups excluding carboxylic acids is 1. The van der Waals surface area contributed by atoms with Crippen LogP contribution in [0.25, 0.3) is 0 Å². The highest BCUT2D eigenvalue weighted by Gasteiger charge is 2.53. The number of ether oxygens (including phenoxy) is 1. The van der Waals surface area contributed by atoms with Gasteiger partial charge in [0.1, 0.15) is 12.1 Å². The molecular formula is C19H33NO5. The molecule has 1 aliphatic carbocycles. The third kappa shape index (κ3) is 3.59. The number of nitrogens with one attached hydrogen (secondary N) is 1. The Morgan fingerprint density at radius 2 is 1.92 bits per heavy atom. The minimum atomic E-state index is -1.18. The lowest BCUT2D eigenvalue weighted by Gasteiger charge is -2.49. The van der Waals surface area contributed by atoms with Crippen LogP contribution in [0.4, 0.5) is 0 Å². The molecular weight excluding hydrogens is 322 g/mol. The molecule has 2 saturated heterocycles. The van der Waals surface area contributed by atoms with E-state index >= 15 is 0 Å². The Bertz CT molecular complexity index is 503. The highest BCUT2D eigenvalue weighted by Crippen LogP contribution is 2.47. The number of fused-ring (bicyclic) bond motifs is 3. The Balaban J connectivity index is 1.79. The van der Waals surface area contributed by atoms with Crippen molar-refractivity contribution in [2.24, 2.45) is 17.8 Å². The van der Waals surface area contributed by atoms with Gasteiger partial charge in [0.2, 0.25) is 0 Å². The van der Waals surface area contributed by atoms with Crippen LogP contribution in [-0.4, -0.2) is 58.7 Å². The first kappa shape index (κ1) is 19.1. The van der Waals surface area contributed by atoms with Crippen molar-refractivity contribution >= 4 is 5.97 Å². The maximum Gasteiger partial charge on any atom is 0.154 e. The SMILES string of the molecule is CC(O)C(C(=O)[O-])[NH+]1CC2C(CCC3CC(C(C)(C)O)OC32)CC1C. The van der Waals surface area contributed by atoms with E-state index in [1.54, 1.807) is 13.8 Å². The molecule has 0 amide bonds. The number of hydrogen-bond acceptors (Lipinski definition) is 5. The van der Waals surface area contributed by atoms with Gasteiger partial charge in [0.05, 0.1) is 30.4 Å². The van der Waals surface area contributed by atoms with E-state index in [-0.39, 0.29) is 24.2 Å². The van der Waals surface area contributed by atoms with Crippen molar-refractivity contribution in [3.05, 3.63) is 0 Å². The van der Waals surface area contributed by atoms with Gasteiger partial charge in [-0.2, -0.15) is 0 Å². The molecule has 3 N–H and O–H groups in total. The summed E-state index contributed by atoms with van der Waals surface area (Å²) in [4.78, 5) is 12.5. The lowest BCUT2D eigenvalue weighted by atomic mass is 9.67. The third-order valence-corrected chi connectivity index (χ3v) is 6.92. The van der Waals surface area contributed by atoms with Gasteiger partial charge in [-0.1, -0.05) is 0 Å². The summed E-state index contributed by atoms with van der Waals surface area (Å²) in [7, 11) is 0. The number of aliphatic hydroxyl groups is 2. The van der Waals surface area contributed by atoms with Crippen molar-refractivity contribution in [3.63, 3.8) is 0 Å². The molecule has 2 aliphatic heterocycles. The Morgan fingerprint density at radius 1 is 1.28 bits per heavy atom. The number of quaternary nitrogens is 1. The summed E-state index contributed by atoms with van der Waals surface area (Å²) >= 11 is 0. The van der Waals surface area contributed by atoms with Crippen LogP contribution in [0.2, 0.25) is 0 Å². The number of aliphatic hydroxyl groups excluding tert-OH is 1. The van der Waals surface area contributed by atoms with E-state index in [0.29, 0.717) is 18.4 Å². The van der Waals surface area contributed by atoms with Gasteiger partial charge in [-0.15, -0.1) is 0 Å². The molecule has 144 valence electrons. The van der Waals surface area contributed by atoms with Crippen molar-refractivity contribution < 1.29 is 29.8 Å². The summed E-state index contributed by atoms with van der Waals surface area (Å²) in [6.07, 6.45) is 3.11. The molecule has 0 bridgehead atoms. The highest BCUT2D eigenvalue weighted by molar-refractivity contribution is 5.70. The number of carboxylic acids is 1. The zero-order chi connectivity index (χ0) is 18.5. The maximum absolute atomic E-state index is 11.6. The van der Waals surface area contributed by atoms with Crippen LogP contribution >= 0.6 is 0 Å². The van der Waals surface area contributed by atoms with Gasteiger partial charge in [0, 0.05) is 12.3 Å². The van der Waals surface area contributed by atoms with E-state index in [0.717, 1.165) is 30.6 Å². The average molecular weight is 355 g/mol. The molecule has 3 rings (SSSR count). The Labute approximate surface area is 150 Å². The summed E-state index contributed by atoms with van der Waals surface area (Å²) in [6.45, 7) is 7.89. The lowest BCUT2D eigenvalue weighted by molar-refractivity contribution is -0.954. The normalized spacial score (nSPS) is 43.8. The number of carbonyl (C=O) groups is 1. The fraction of sp³-hybridized carbons (Fsp3) is 0.947.